The molecule has 0 bridgehead atoms. The van der Waals surface area contributed by atoms with Gasteiger partial charge in [-0.2, -0.15) is 0 Å². The van der Waals surface area contributed by atoms with Crippen molar-refractivity contribution in [2.24, 2.45) is 0 Å². The molecule has 0 spiro atoms. The summed E-state index contributed by atoms with van der Waals surface area (Å²) in [7, 11) is 1.68. The Morgan fingerprint density at radius 1 is 1.12 bits per heavy atom. The predicted molar refractivity (Wildman–Crippen MR) is 73.4 cm³/mol. The summed E-state index contributed by atoms with van der Waals surface area (Å²) in [5, 5.41) is 0. The molecule has 0 saturated heterocycles. The number of anilines is 1. The maximum atomic E-state index is 5.74. The minimum atomic E-state index is 0.817. The summed E-state index contributed by atoms with van der Waals surface area (Å²) in [6.45, 7) is 0. The fourth-order valence-electron chi connectivity index (χ4n) is 1.52. The highest BCUT2D eigenvalue weighted by molar-refractivity contribution is 7.98. The van der Waals surface area contributed by atoms with E-state index in [2.05, 4.69) is 18.2 Å². The average Bonchev–Trinajstić information content (AvgIpc) is 2.37. The Balaban J connectivity index is 1.97. The van der Waals surface area contributed by atoms with Gasteiger partial charge in [0, 0.05) is 16.3 Å². The van der Waals surface area contributed by atoms with Gasteiger partial charge in [-0.1, -0.05) is 12.1 Å². The van der Waals surface area contributed by atoms with Crippen LogP contribution in [-0.2, 0) is 5.75 Å². The normalized spacial score (nSPS) is 10.2. The van der Waals surface area contributed by atoms with Crippen LogP contribution in [0.5, 0.6) is 5.75 Å². The average molecular weight is 245 g/mol. The van der Waals surface area contributed by atoms with E-state index in [1.54, 1.807) is 18.9 Å². The summed E-state index contributed by atoms with van der Waals surface area (Å²) in [4.78, 5) is 1.23. The predicted octanol–water partition coefficient (Wildman–Crippen LogP) is 3.57. The number of nitrogens with two attached hydrogens (primary N) is 1. The molecule has 88 valence electrons. The maximum Gasteiger partial charge on any atom is 0.118 e. The van der Waals surface area contributed by atoms with Crippen molar-refractivity contribution in [3.63, 3.8) is 0 Å². The first-order chi connectivity index (χ1) is 8.28. The second kappa shape index (κ2) is 5.64. The molecule has 0 fully saturated rings. The number of rotatable bonds is 4. The lowest BCUT2D eigenvalue weighted by Gasteiger charge is -2.04. The summed E-state index contributed by atoms with van der Waals surface area (Å²) < 4.78 is 5.12. The zero-order valence-electron chi connectivity index (χ0n) is 9.72. The second-order valence-corrected chi connectivity index (χ2v) is 4.76. The molecular formula is C14H15NOS. The Labute approximate surface area is 106 Å². The summed E-state index contributed by atoms with van der Waals surface area (Å²) in [6, 6.07) is 16.1. The molecule has 0 radical (unpaired) electrons. The molecule has 0 saturated carbocycles. The van der Waals surface area contributed by atoms with Crippen LogP contribution < -0.4 is 10.5 Å². The van der Waals surface area contributed by atoms with Gasteiger partial charge in [0.2, 0.25) is 0 Å². The molecule has 0 amide bonds. The van der Waals surface area contributed by atoms with Gasteiger partial charge in [-0.25, -0.2) is 0 Å². The number of ether oxygens (including phenoxy) is 1. The molecule has 17 heavy (non-hydrogen) atoms. The minimum Gasteiger partial charge on any atom is -0.497 e. The highest BCUT2D eigenvalue weighted by atomic mass is 32.2. The minimum absolute atomic E-state index is 0.817. The molecule has 0 aliphatic rings. The van der Waals surface area contributed by atoms with Gasteiger partial charge in [-0.3, -0.25) is 0 Å². The van der Waals surface area contributed by atoms with Crippen LogP contribution in [0.25, 0.3) is 0 Å². The molecule has 0 aliphatic carbocycles. The zero-order valence-corrected chi connectivity index (χ0v) is 10.5. The van der Waals surface area contributed by atoms with Crippen molar-refractivity contribution in [1.82, 2.24) is 0 Å². The van der Waals surface area contributed by atoms with Crippen molar-refractivity contribution in [3.05, 3.63) is 54.1 Å². The monoisotopic (exact) mass is 245 g/mol. The van der Waals surface area contributed by atoms with E-state index in [1.165, 1.54) is 10.5 Å². The van der Waals surface area contributed by atoms with E-state index in [4.69, 9.17) is 10.5 Å². The van der Waals surface area contributed by atoms with Crippen LogP contribution in [0.15, 0.2) is 53.4 Å². The van der Waals surface area contributed by atoms with Crippen LogP contribution in [0.3, 0.4) is 0 Å². The lowest BCUT2D eigenvalue weighted by atomic mass is 10.2. The van der Waals surface area contributed by atoms with E-state index in [-0.39, 0.29) is 0 Å². The van der Waals surface area contributed by atoms with Crippen molar-refractivity contribution in [2.75, 3.05) is 12.8 Å². The lowest BCUT2D eigenvalue weighted by molar-refractivity contribution is 0.414. The molecule has 0 aromatic heterocycles. The van der Waals surface area contributed by atoms with Crippen molar-refractivity contribution >= 4 is 17.4 Å². The van der Waals surface area contributed by atoms with Gasteiger partial charge in [0.1, 0.15) is 5.75 Å². The first kappa shape index (κ1) is 11.9. The second-order valence-electron chi connectivity index (χ2n) is 3.71. The summed E-state index contributed by atoms with van der Waals surface area (Å²) in [6.07, 6.45) is 0. The van der Waals surface area contributed by atoms with Gasteiger partial charge in [-0.15, -0.1) is 11.8 Å². The molecule has 2 N–H and O–H groups in total. The van der Waals surface area contributed by atoms with E-state index >= 15 is 0 Å². The van der Waals surface area contributed by atoms with Gasteiger partial charge in [0.05, 0.1) is 7.11 Å². The van der Waals surface area contributed by atoms with E-state index in [0.717, 1.165) is 17.2 Å². The molecule has 2 aromatic carbocycles. The molecule has 0 unspecified atom stereocenters. The molecule has 2 nitrogen and oxygen atoms in total. The summed E-state index contributed by atoms with van der Waals surface area (Å²) in [5.74, 6) is 1.82. The van der Waals surface area contributed by atoms with Gasteiger partial charge in [-0.05, 0) is 42.0 Å². The Bertz CT molecular complexity index is 482. The van der Waals surface area contributed by atoms with E-state index in [0.29, 0.717) is 0 Å². The standard InChI is InChI=1S/C14H15NOS/c1-16-13-5-7-14(8-6-13)17-10-11-3-2-4-12(15)9-11/h2-9H,10,15H2,1H3. The number of hydrogen-bond donors (Lipinski definition) is 1. The molecule has 2 rings (SSSR count). The van der Waals surface area contributed by atoms with Crippen LogP contribution in [0.2, 0.25) is 0 Å². The molecule has 0 aliphatic heterocycles. The molecular weight excluding hydrogens is 230 g/mol. The maximum absolute atomic E-state index is 5.74. The number of hydrogen-bond acceptors (Lipinski definition) is 3. The Hall–Kier alpha value is -1.61. The first-order valence-corrected chi connectivity index (χ1v) is 6.38. The van der Waals surface area contributed by atoms with E-state index in [1.807, 2.05) is 30.3 Å². The third kappa shape index (κ3) is 3.43. The fourth-order valence-corrected chi connectivity index (χ4v) is 2.36. The Kier molecular flexibility index (Phi) is 3.94. The van der Waals surface area contributed by atoms with Crippen molar-refractivity contribution in [2.45, 2.75) is 10.6 Å². The first-order valence-electron chi connectivity index (χ1n) is 5.39. The lowest BCUT2D eigenvalue weighted by Crippen LogP contribution is -1.87. The zero-order chi connectivity index (χ0) is 12.1. The SMILES string of the molecule is COc1ccc(SCc2cccc(N)c2)cc1. The van der Waals surface area contributed by atoms with Crippen LogP contribution >= 0.6 is 11.8 Å². The Morgan fingerprint density at radius 3 is 2.53 bits per heavy atom. The van der Waals surface area contributed by atoms with Crippen LogP contribution in [0.1, 0.15) is 5.56 Å². The quantitative estimate of drug-likeness (QED) is 0.660. The van der Waals surface area contributed by atoms with Crippen LogP contribution in [-0.4, -0.2) is 7.11 Å². The van der Waals surface area contributed by atoms with Crippen molar-refractivity contribution in [3.8, 4) is 5.75 Å². The van der Waals surface area contributed by atoms with Gasteiger partial charge in [0.15, 0.2) is 0 Å². The molecule has 3 heteroatoms. The summed E-state index contributed by atoms with van der Waals surface area (Å²) >= 11 is 1.79. The molecule has 0 heterocycles. The molecule has 2 aromatic rings. The third-order valence-electron chi connectivity index (χ3n) is 2.42. The van der Waals surface area contributed by atoms with Gasteiger partial charge in [0.25, 0.3) is 0 Å². The van der Waals surface area contributed by atoms with Crippen molar-refractivity contribution in [1.29, 1.82) is 0 Å². The third-order valence-corrected chi connectivity index (χ3v) is 3.50. The largest absolute Gasteiger partial charge is 0.497 e. The van der Waals surface area contributed by atoms with Gasteiger partial charge < -0.3 is 10.5 Å². The van der Waals surface area contributed by atoms with Crippen LogP contribution in [0.4, 0.5) is 5.69 Å². The summed E-state index contributed by atoms with van der Waals surface area (Å²) in [5.41, 5.74) is 7.80. The van der Waals surface area contributed by atoms with E-state index in [9.17, 15) is 0 Å². The Morgan fingerprint density at radius 2 is 1.88 bits per heavy atom. The smallest absolute Gasteiger partial charge is 0.118 e. The van der Waals surface area contributed by atoms with Crippen molar-refractivity contribution < 1.29 is 4.74 Å². The van der Waals surface area contributed by atoms with E-state index < -0.39 is 0 Å². The van der Waals surface area contributed by atoms with Crippen LogP contribution in [0, 0.1) is 0 Å². The fraction of sp³-hybridized carbons (Fsp3) is 0.143. The number of methoxy groups -OCH3 is 1. The number of thioether (sulfide) groups is 1. The number of benzene rings is 2. The molecule has 0 atom stereocenters. The number of nitrogen functional groups attached to an aromatic ring is 1. The van der Waals surface area contributed by atoms with Gasteiger partial charge >= 0.3 is 0 Å². The topological polar surface area (TPSA) is 35.2 Å². The highest BCUT2D eigenvalue weighted by Crippen LogP contribution is 2.25. The highest BCUT2D eigenvalue weighted by Gasteiger charge is 1.97.